The zero-order chi connectivity index (χ0) is 14.2. The molecular formula is C16H20N4O. The van der Waals surface area contributed by atoms with Crippen molar-refractivity contribution in [2.45, 2.75) is 31.3 Å². The molecule has 2 heterocycles. The molecule has 4 rings (SSSR count). The fourth-order valence-corrected chi connectivity index (χ4v) is 2.99. The van der Waals surface area contributed by atoms with Crippen LogP contribution in [0.25, 0.3) is 11.4 Å². The number of aryl methyl sites for hydroxylation is 1. The lowest BCUT2D eigenvalue weighted by molar-refractivity contribution is 0.215. The first-order valence-corrected chi connectivity index (χ1v) is 7.64. The van der Waals surface area contributed by atoms with Gasteiger partial charge in [-0.25, -0.2) is 9.67 Å². The number of ether oxygens (including phenoxy) is 1. The molecule has 1 aromatic carbocycles. The molecule has 5 nitrogen and oxygen atoms in total. The van der Waals surface area contributed by atoms with E-state index in [1.807, 2.05) is 31.3 Å². The Hall–Kier alpha value is -1.88. The van der Waals surface area contributed by atoms with Crippen molar-refractivity contribution in [2.24, 2.45) is 7.05 Å². The van der Waals surface area contributed by atoms with Crippen LogP contribution in [0.5, 0.6) is 5.75 Å². The Kier molecular flexibility index (Phi) is 3.15. The van der Waals surface area contributed by atoms with Crippen LogP contribution in [-0.4, -0.2) is 44.9 Å². The van der Waals surface area contributed by atoms with E-state index in [4.69, 9.17) is 4.74 Å². The number of rotatable bonds is 5. The first kappa shape index (κ1) is 12.8. The van der Waals surface area contributed by atoms with Gasteiger partial charge in [-0.1, -0.05) is 18.6 Å². The van der Waals surface area contributed by atoms with E-state index in [0.717, 1.165) is 29.8 Å². The highest BCUT2D eigenvalue weighted by Crippen LogP contribution is 2.34. The van der Waals surface area contributed by atoms with E-state index in [1.54, 1.807) is 11.0 Å². The summed E-state index contributed by atoms with van der Waals surface area (Å²) in [6, 6.07) is 9.55. The number of nitrogens with zero attached hydrogens (tertiary/aromatic N) is 4. The smallest absolute Gasteiger partial charge is 0.157 e. The second kappa shape index (κ2) is 5.15. The molecule has 110 valence electrons. The molecule has 0 N–H and O–H groups in total. The van der Waals surface area contributed by atoms with Crippen molar-refractivity contribution in [3.05, 3.63) is 30.6 Å². The Labute approximate surface area is 124 Å². The Morgan fingerprint density at radius 3 is 2.95 bits per heavy atom. The molecule has 2 atom stereocenters. The molecule has 0 bridgehead atoms. The van der Waals surface area contributed by atoms with E-state index in [0.29, 0.717) is 6.04 Å². The van der Waals surface area contributed by atoms with Gasteiger partial charge >= 0.3 is 0 Å². The van der Waals surface area contributed by atoms with Gasteiger partial charge in [0.25, 0.3) is 0 Å². The van der Waals surface area contributed by atoms with Gasteiger partial charge in [-0.2, -0.15) is 5.10 Å². The van der Waals surface area contributed by atoms with Crippen LogP contribution in [0.3, 0.4) is 0 Å². The van der Waals surface area contributed by atoms with Crippen molar-refractivity contribution in [3.8, 4) is 17.1 Å². The Bertz CT molecular complexity index is 635. The van der Waals surface area contributed by atoms with Crippen molar-refractivity contribution in [1.29, 1.82) is 0 Å². The summed E-state index contributed by atoms with van der Waals surface area (Å²) >= 11 is 0. The minimum atomic E-state index is 0.619. The van der Waals surface area contributed by atoms with Crippen LogP contribution in [0, 0.1) is 0 Å². The predicted octanol–water partition coefficient (Wildman–Crippen LogP) is 2.10. The highest BCUT2D eigenvalue weighted by atomic mass is 16.5. The first-order chi connectivity index (χ1) is 10.3. The largest absolute Gasteiger partial charge is 0.492 e. The van der Waals surface area contributed by atoms with E-state index < -0.39 is 0 Å². The van der Waals surface area contributed by atoms with Crippen LogP contribution in [0.4, 0.5) is 0 Å². The second-order valence-electron chi connectivity index (χ2n) is 5.98. The van der Waals surface area contributed by atoms with Gasteiger partial charge in [0, 0.05) is 25.2 Å². The molecule has 2 aliphatic rings. The summed E-state index contributed by atoms with van der Waals surface area (Å²) in [6.45, 7) is 1.99. The summed E-state index contributed by atoms with van der Waals surface area (Å²) in [7, 11) is 1.90. The Morgan fingerprint density at radius 2 is 2.24 bits per heavy atom. The van der Waals surface area contributed by atoms with Gasteiger partial charge in [0.1, 0.15) is 18.7 Å². The van der Waals surface area contributed by atoms with Crippen molar-refractivity contribution < 1.29 is 4.74 Å². The van der Waals surface area contributed by atoms with E-state index >= 15 is 0 Å². The number of hydrogen-bond acceptors (Lipinski definition) is 4. The molecule has 1 aliphatic carbocycles. The average Bonchev–Trinajstić information content (AvgIpc) is 3.05. The van der Waals surface area contributed by atoms with Gasteiger partial charge in [-0.05, 0) is 25.0 Å². The minimum Gasteiger partial charge on any atom is -0.492 e. The molecule has 1 saturated heterocycles. The van der Waals surface area contributed by atoms with Gasteiger partial charge in [0.2, 0.25) is 0 Å². The summed E-state index contributed by atoms with van der Waals surface area (Å²) in [5.41, 5.74) is 1.04. The summed E-state index contributed by atoms with van der Waals surface area (Å²) in [5, 5.41) is 4.11. The molecule has 1 aromatic heterocycles. The minimum absolute atomic E-state index is 0.619. The quantitative estimate of drug-likeness (QED) is 0.789. The van der Waals surface area contributed by atoms with E-state index in [1.165, 1.54) is 25.8 Å². The van der Waals surface area contributed by atoms with Crippen LogP contribution in [0.1, 0.15) is 19.3 Å². The summed E-state index contributed by atoms with van der Waals surface area (Å²) in [5.74, 6) is 1.78. The molecular weight excluding hydrogens is 264 g/mol. The Morgan fingerprint density at radius 1 is 1.33 bits per heavy atom. The zero-order valence-corrected chi connectivity index (χ0v) is 12.3. The molecule has 21 heavy (non-hydrogen) atoms. The maximum Gasteiger partial charge on any atom is 0.157 e. The second-order valence-corrected chi connectivity index (χ2v) is 5.98. The van der Waals surface area contributed by atoms with E-state index in [9.17, 15) is 0 Å². The third-order valence-electron chi connectivity index (χ3n) is 4.55. The molecule has 0 spiro atoms. The molecule has 0 radical (unpaired) electrons. The van der Waals surface area contributed by atoms with Gasteiger partial charge in [-0.15, -0.1) is 0 Å². The van der Waals surface area contributed by atoms with Gasteiger partial charge < -0.3 is 4.74 Å². The van der Waals surface area contributed by atoms with Crippen molar-refractivity contribution in [3.63, 3.8) is 0 Å². The van der Waals surface area contributed by atoms with Crippen molar-refractivity contribution in [2.75, 3.05) is 13.2 Å². The molecule has 0 amide bonds. The lowest BCUT2D eigenvalue weighted by Gasteiger charge is -2.27. The van der Waals surface area contributed by atoms with Crippen molar-refractivity contribution >= 4 is 0 Å². The summed E-state index contributed by atoms with van der Waals surface area (Å²) in [6.07, 6.45) is 5.72. The third-order valence-corrected chi connectivity index (χ3v) is 4.55. The average molecular weight is 284 g/mol. The predicted molar refractivity (Wildman–Crippen MR) is 80.1 cm³/mol. The lowest BCUT2D eigenvalue weighted by Crippen LogP contribution is -2.29. The molecule has 2 aromatic rings. The molecule has 2 fully saturated rings. The topological polar surface area (TPSA) is 42.9 Å². The zero-order valence-electron chi connectivity index (χ0n) is 12.3. The fourth-order valence-electron chi connectivity index (χ4n) is 2.99. The van der Waals surface area contributed by atoms with Crippen LogP contribution >= 0.6 is 0 Å². The van der Waals surface area contributed by atoms with E-state index in [-0.39, 0.29) is 0 Å². The van der Waals surface area contributed by atoms with Crippen LogP contribution in [0.2, 0.25) is 0 Å². The lowest BCUT2D eigenvalue weighted by atomic mass is 9.93. The third kappa shape index (κ3) is 2.53. The monoisotopic (exact) mass is 284 g/mol. The number of benzene rings is 1. The maximum atomic E-state index is 5.96. The van der Waals surface area contributed by atoms with Gasteiger partial charge in [0.05, 0.1) is 6.04 Å². The van der Waals surface area contributed by atoms with Gasteiger partial charge in [-0.3, -0.25) is 4.90 Å². The molecule has 1 aliphatic heterocycles. The molecule has 2 unspecified atom stereocenters. The normalized spacial score (nSPS) is 24.6. The molecule has 5 heteroatoms. The van der Waals surface area contributed by atoms with E-state index in [2.05, 4.69) is 15.0 Å². The maximum absolute atomic E-state index is 5.96. The highest BCUT2D eigenvalue weighted by molar-refractivity contribution is 5.57. The van der Waals surface area contributed by atoms with Crippen LogP contribution in [-0.2, 0) is 7.05 Å². The first-order valence-electron chi connectivity index (χ1n) is 7.64. The number of aromatic nitrogens is 3. The number of hydrogen-bond donors (Lipinski definition) is 0. The Balaban J connectivity index is 1.39. The summed E-state index contributed by atoms with van der Waals surface area (Å²) in [4.78, 5) is 6.84. The van der Waals surface area contributed by atoms with Gasteiger partial charge in [0.15, 0.2) is 5.82 Å². The van der Waals surface area contributed by atoms with Crippen LogP contribution in [0.15, 0.2) is 30.6 Å². The van der Waals surface area contributed by atoms with Crippen LogP contribution < -0.4 is 4.74 Å². The van der Waals surface area contributed by atoms with Crippen molar-refractivity contribution in [1.82, 2.24) is 19.7 Å². The summed E-state index contributed by atoms with van der Waals surface area (Å²) < 4.78 is 7.73. The SMILES string of the molecule is Cn1ncnc1-c1cccc(OCC2CN2C2CCC2)c1. The standard InChI is InChI=1S/C16H20N4O/c1-19-16(17-11-18-19)12-4-2-7-15(8-12)21-10-14-9-20(14)13-5-3-6-13/h2,4,7-8,11,13-14H,3,5-6,9-10H2,1H3. The molecule has 1 saturated carbocycles. The highest BCUT2D eigenvalue weighted by Gasteiger charge is 2.42. The fraction of sp³-hybridized carbons (Fsp3) is 0.500.